The van der Waals surface area contributed by atoms with Gasteiger partial charge in [-0.25, -0.2) is 13.6 Å². The van der Waals surface area contributed by atoms with Gasteiger partial charge in [0.05, 0.1) is 13.2 Å². The van der Waals surface area contributed by atoms with Gasteiger partial charge < -0.3 is 40.1 Å². The maximum Gasteiger partial charge on any atom is 0.330 e. The van der Waals surface area contributed by atoms with Crippen LogP contribution in [0, 0.1) is 0 Å². The molecular formula is C15H20F2N2O10. The molecule has 3 heterocycles. The number of nitrogens with zero attached hydrogens (tertiary/aromatic N) is 1. The molecule has 2 aliphatic rings. The van der Waals surface area contributed by atoms with Crippen LogP contribution in [0.4, 0.5) is 8.78 Å². The second-order valence-electron chi connectivity index (χ2n) is 6.94. The van der Waals surface area contributed by atoms with Crippen molar-refractivity contribution < 1.29 is 48.9 Å². The van der Waals surface area contributed by atoms with Crippen molar-refractivity contribution in [3.05, 3.63) is 33.1 Å². The Morgan fingerprint density at radius 2 is 1.83 bits per heavy atom. The molecule has 2 aliphatic heterocycles. The highest BCUT2D eigenvalue weighted by Crippen LogP contribution is 2.48. The average molecular weight is 426 g/mol. The summed E-state index contributed by atoms with van der Waals surface area (Å²) in [6.07, 6.45) is -15.3. The minimum atomic E-state index is -3.58. The molecular weight excluding hydrogens is 406 g/mol. The Morgan fingerprint density at radius 3 is 2.34 bits per heavy atom. The number of aliphatic hydroxyl groups is 6. The van der Waals surface area contributed by atoms with E-state index in [2.05, 4.69) is 0 Å². The van der Waals surface area contributed by atoms with E-state index >= 15 is 0 Å². The van der Waals surface area contributed by atoms with Gasteiger partial charge in [-0.05, 0) is 0 Å². The predicted octanol–water partition coefficient (Wildman–Crippen LogP) is -4.58. The fourth-order valence-electron chi connectivity index (χ4n) is 3.70. The van der Waals surface area contributed by atoms with E-state index in [1.165, 1.54) is 0 Å². The minimum Gasteiger partial charge on any atom is -0.393 e. The van der Waals surface area contributed by atoms with Crippen molar-refractivity contribution in [3.8, 4) is 0 Å². The lowest BCUT2D eigenvalue weighted by Gasteiger charge is -2.46. The Balaban J connectivity index is 2.26. The summed E-state index contributed by atoms with van der Waals surface area (Å²) in [5, 5.41) is 60.5. The standard InChI is InChI=1S/C15H20F2N2O10/c16-12(17)14(4-20)9(25)10(26)15(29-14,19-2-1-6(22)18-13(19)27)11-8(24)7(23)5(21)3-28-11/h1-2,5,7-12,20-21,23-26H,3-4H2,(H,18,22,27)/t5-,7+,8-,9+,10-,11?,14-,15+/m1/s1. The molecule has 2 fully saturated rings. The van der Waals surface area contributed by atoms with Crippen molar-refractivity contribution in [3.63, 3.8) is 0 Å². The predicted molar refractivity (Wildman–Crippen MR) is 86.0 cm³/mol. The van der Waals surface area contributed by atoms with Crippen molar-refractivity contribution in [1.82, 2.24) is 9.55 Å². The largest absolute Gasteiger partial charge is 0.393 e. The van der Waals surface area contributed by atoms with E-state index in [-0.39, 0.29) is 0 Å². The summed E-state index contributed by atoms with van der Waals surface area (Å²) < 4.78 is 38.3. The highest BCUT2D eigenvalue weighted by molar-refractivity contribution is 5.14. The fraction of sp³-hybridized carbons (Fsp3) is 0.733. The van der Waals surface area contributed by atoms with Crippen LogP contribution in [0.3, 0.4) is 0 Å². The van der Waals surface area contributed by atoms with E-state index in [1.807, 2.05) is 0 Å². The van der Waals surface area contributed by atoms with E-state index in [9.17, 15) is 49.0 Å². The number of alkyl halides is 2. The second kappa shape index (κ2) is 7.48. The molecule has 0 aromatic carbocycles. The molecule has 12 nitrogen and oxygen atoms in total. The third-order valence-corrected chi connectivity index (χ3v) is 5.30. The van der Waals surface area contributed by atoms with Gasteiger partial charge in [-0.15, -0.1) is 0 Å². The number of hydrogen-bond acceptors (Lipinski definition) is 10. The van der Waals surface area contributed by atoms with Gasteiger partial charge in [0.25, 0.3) is 12.0 Å². The molecule has 8 atom stereocenters. The van der Waals surface area contributed by atoms with Crippen LogP contribution in [0.2, 0.25) is 0 Å². The van der Waals surface area contributed by atoms with Crippen LogP contribution in [-0.4, -0.2) is 102 Å². The van der Waals surface area contributed by atoms with E-state index in [0.717, 1.165) is 12.3 Å². The lowest BCUT2D eigenvalue weighted by Crippen LogP contribution is -2.67. The van der Waals surface area contributed by atoms with Crippen LogP contribution in [0.15, 0.2) is 21.9 Å². The van der Waals surface area contributed by atoms with Gasteiger partial charge in [0.2, 0.25) is 5.72 Å². The van der Waals surface area contributed by atoms with Gasteiger partial charge in [-0.3, -0.25) is 14.3 Å². The first-order valence-electron chi connectivity index (χ1n) is 8.46. The van der Waals surface area contributed by atoms with Crippen molar-refractivity contribution in [2.45, 2.75) is 54.4 Å². The van der Waals surface area contributed by atoms with Gasteiger partial charge in [0.1, 0.15) is 36.6 Å². The number of aromatic amines is 1. The van der Waals surface area contributed by atoms with Crippen molar-refractivity contribution in [2.24, 2.45) is 0 Å². The monoisotopic (exact) mass is 426 g/mol. The molecule has 0 bridgehead atoms. The number of ether oxygens (including phenoxy) is 2. The first-order valence-corrected chi connectivity index (χ1v) is 8.46. The van der Waals surface area contributed by atoms with Crippen molar-refractivity contribution in [2.75, 3.05) is 13.2 Å². The number of rotatable bonds is 4. The summed E-state index contributed by atoms with van der Waals surface area (Å²) >= 11 is 0. The molecule has 0 saturated carbocycles. The molecule has 1 unspecified atom stereocenters. The number of aliphatic hydroxyl groups excluding tert-OH is 6. The maximum atomic E-state index is 13.8. The molecule has 0 aliphatic carbocycles. The lowest BCUT2D eigenvalue weighted by atomic mass is 9.86. The fourth-order valence-corrected chi connectivity index (χ4v) is 3.70. The first-order chi connectivity index (χ1) is 13.5. The Kier molecular flexibility index (Phi) is 5.65. The van der Waals surface area contributed by atoms with E-state index in [4.69, 9.17) is 9.47 Å². The SMILES string of the molecule is O=c1ccn([C@]2(C3OC[C@@H](O)[C@H](O)[C@H]3O)O[C@@](CO)(C(F)F)[C@@H](O)[C@H]2O)c(=O)[nH]1. The van der Waals surface area contributed by atoms with Crippen LogP contribution in [-0.2, 0) is 15.2 Å². The van der Waals surface area contributed by atoms with Crippen LogP contribution in [0.1, 0.15) is 0 Å². The smallest absolute Gasteiger partial charge is 0.330 e. The third kappa shape index (κ3) is 3.03. The molecule has 164 valence electrons. The van der Waals surface area contributed by atoms with Crippen LogP contribution < -0.4 is 11.2 Å². The summed E-state index contributed by atoms with van der Waals surface area (Å²) in [4.78, 5) is 25.6. The topological polar surface area (TPSA) is 195 Å². The van der Waals surface area contributed by atoms with Gasteiger partial charge in [-0.2, -0.15) is 0 Å². The molecule has 0 amide bonds. The summed E-state index contributed by atoms with van der Waals surface area (Å²) in [7, 11) is 0. The zero-order valence-corrected chi connectivity index (χ0v) is 14.6. The summed E-state index contributed by atoms with van der Waals surface area (Å²) in [5.41, 5.74) is -8.10. The molecule has 7 N–H and O–H groups in total. The zero-order chi connectivity index (χ0) is 21.7. The summed E-state index contributed by atoms with van der Waals surface area (Å²) in [6, 6.07) is 0.771. The number of H-pyrrole nitrogens is 1. The molecule has 0 spiro atoms. The highest BCUT2D eigenvalue weighted by atomic mass is 19.3. The van der Waals surface area contributed by atoms with Gasteiger partial charge in [0.15, 0.2) is 5.60 Å². The lowest BCUT2D eigenvalue weighted by molar-refractivity contribution is -0.311. The van der Waals surface area contributed by atoms with Gasteiger partial charge in [0, 0.05) is 12.3 Å². The van der Waals surface area contributed by atoms with E-state index < -0.39 is 78.8 Å². The molecule has 14 heteroatoms. The Morgan fingerprint density at radius 1 is 1.17 bits per heavy atom. The molecule has 29 heavy (non-hydrogen) atoms. The molecule has 1 aromatic rings. The second-order valence-corrected chi connectivity index (χ2v) is 6.94. The summed E-state index contributed by atoms with van der Waals surface area (Å²) in [5.74, 6) is 0. The van der Waals surface area contributed by atoms with E-state index in [1.54, 1.807) is 4.98 Å². The van der Waals surface area contributed by atoms with E-state index in [0.29, 0.717) is 4.57 Å². The summed E-state index contributed by atoms with van der Waals surface area (Å²) in [6.45, 7) is -2.16. The van der Waals surface area contributed by atoms with Crippen LogP contribution in [0.25, 0.3) is 0 Å². The molecule has 1 aromatic heterocycles. The molecule has 0 radical (unpaired) electrons. The Hall–Kier alpha value is -1.78. The maximum absolute atomic E-state index is 13.8. The van der Waals surface area contributed by atoms with Crippen molar-refractivity contribution >= 4 is 0 Å². The Bertz CT molecular complexity index is 864. The number of aromatic nitrogens is 2. The first kappa shape index (κ1) is 21.9. The average Bonchev–Trinajstić information content (AvgIpc) is 2.90. The number of hydrogen-bond donors (Lipinski definition) is 7. The molecule has 2 saturated heterocycles. The quantitative estimate of drug-likeness (QED) is 0.246. The van der Waals surface area contributed by atoms with Gasteiger partial charge in [-0.1, -0.05) is 0 Å². The van der Waals surface area contributed by atoms with Crippen LogP contribution in [0.5, 0.6) is 0 Å². The minimum absolute atomic E-state index is 0.403. The number of nitrogens with one attached hydrogen (secondary N) is 1. The normalized spacial score (nSPS) is 43.1. The number of halogens is 2. The van der Waals surface area contributed by atoms with Crippen molar-refractivity contribution in [1.29, 1.82) is 0 Å². The third-order valence-electron chi connectivity index (χ3n) is 5.30. The van der Waals surface area contributed by atoms with Gasteiger partial charge >= 0.3 is 5.69 Å². The van der Waals surface area contributed by atoms with Crippen LogP contribution >= 0.6 is 0 Å². The zero-order valence-electron chi connectivity index (χ0n) is 14.6. The molecule has 3 rings (SSSR count). The Labute approximate surface area is 160 Å². The highest BCUT2D eigenvalue weighted by Gasteiger charge is 2.71.